The van der Waals surface area contributed by atoms with Crippen molar-refractivity contribution in [3.05, 3.63) is 18.3 Å². The maximum absolute atomic E-state index is 5.90. The van der Waals surface area contributed by atoms with Gasteiger partial charge >= 0.3 is 0 Å². The van der Waals surface area contributed by atoms with E-state index in [2.05, 4.69) is 10.3 Å². The molecule has 1 N–H and O–H groups in total. The lowest BCUT2D eigenvalue weighted by Crippen LogP contribution is -2.16. The molecule has 1 aromatic rings. The Balaban J connectivity index is 1.93. The van der Waals surface area contributed by atoms with Crippen molar-refractivity contribution in [1.82, 2.24) is 4.98 Å². The quantitative estimate of drug-likeness (QED) is 0.784. The van der Waals surface area contributed by atoms with Crippen molar-refractivity contribution in [2.45, 2.75) is 12.8 Å². The monoisotopic (exact) mass is 226 g/mol. The van der Waals surface area contributed by atoms with Crippen LogP contribution < -0.4 is 10.1 Å². The van der Waals surface area contributed by atoms with Crippen LogP contribution in [0.4, 0.5) is 5.69 Å². The summed E-state index contributed by atoms with van der Waals surface area (Å²) >= 11 is 5.90. The fourth-order valence-corrected chi connectivity index (χ4v) is 1.82. The first kappa shape index (κ1) is 10.6. The van der Waals surface area contributed by atoms with Crippen LogP contribution in [0.15, 0.2) is 18.3 Å². The van der Waals surface area contributed by atoms with Gasteiger partial charge in [-0.3, -0.25) is 0 Å². The third kappa shape index (κ3) is 2.53. The molecule has 0 bridgehead atoms. The van der Waals surface area contributed by atoms with Crippen LogP contribution in [0.3, 0.4) is 0 Å². The SMILES string of the molecule is COc1cc(NCC2(CCl)CC2)ccn1. The zero-order chi connectivity index (χ0) is 10.7. The van der Waals surface area contributed by atoms with E-state index < -0.39 is 0 Å². The first-order chi connectivity index (χ1) is 7.28. The van der Waals surface area contributed by atoms with Gasteiger partial charge in [-0.15, -0.1) is 11.6 Å². The molecule has 15 heavy (non-hydrogen) atoms. The Hall–Kier alpha value is -0.960. The predicted octanol–water partition coefficient (Wildman–Crippen LogP) is 2.52. The van der Waals surface area contributed by atoms with E-state index in [1.807, 2.05) is 12.1 Å². The number of hydrogen-bond acceptors (Lipinski definition) is 3. The summed E-state index contributed by atoms with van der Waals surface area (Å²) in [5.74, 6) is 1.37. The minimum Gasteiger partial charge on any atom is -0.481 e. The number of ether oxygens (including phenoxy) is 1. The van der Waals surface area contributed by atoms with Crippen molar-refractivity contribution in [1.29, 1.82) is 0 Å². The van der Waals surface area contributed by atoms with Gasteiger partial charge in [-0.05, 0) is 18.9 Å². The van der Waals surface area contributed by atoms with Crippen LogP contribution in [0.2, 0.25) is 0 Å². The molecule has 4 heteroatoms. The fourth-order valence-electron chi connectivity index (χ4n) is 1.46. The highest BCUT2D eigenvalue weighted by Crippen LogP contribution is 2.46. The van der Waals surface area contributed by atoms with Crippen LogP contribution in [-0.4, -0.2) is 24.5 Å². The summed E-state index contributed by atoms with van der Waals surface area (Å²) in [6, 6.07) is 3.83. The third-order valence-corrected chi connectivity index (χ3v) is 3.42. The van der Waals surface area contributed by atoms with Crippen LogP contribution in [0.25, 0.3) is 0 Å². The van der Waals surface area contributed by atoms with Crippen LogP contribution in [0, 0.1) is 5.41 Å². The maximum atomic E-state index is 5.90. The number of halogens is 1. The van der Waals surface area contributed by atoms with E-state index >= 15 is 0 Å². The molecule has 1 aliphatic rings. The minimum absolute atomic E-state index is 0.331. The van der Waals surface area contributed by atoms with Crippen LogP contribution in [0.5, 0.6) is 5.88 Å². The molecular weight excluding hydrogens is 212 g/mol. The van der Waals surface area contributed by atoms with Gasteiger partial charge in [0, 0.05) is 35.8 Å². The number of rotatable bonds is 5. The highest BCUT2D eigenvalue weighted by Gasteiger charge is 2.41. The molecule has 0 saturated heterocycles. The Morgan fingerprint density at radius 2 is 2.40 bits per heavy atom. The number of pyridine rings is 1. The average molecular weight is 227 g/mol. The van der Waals surface area contributed by atoms with E-state index in [-0.39, 0.29) is 0 Å². The topological polar surface area (TPSA) is 34.1 Å². The molecule has 0 aliphatic heterocycles. The average Bonchev–Trinajstić information content (AvgIpc) is 3.07. The van der Waals surface area contributed by atoms with Gasteiger partial charge in [0.05, 0.1) is 7.11 Å². The van der Waals surface area contributed by atoms with Crippen molar-refractivity contribution in [3.8, 4) is 5.88 Å². The van der Waals surface area contributed by atoms with E-state index in [1.54, 1.807) is 13.3 Å². The molecular formula is C11H15ClN2O. The summed E-state index contributed by atoms with van der Waals surface area (Å²) in [6.45, 7) is 0.934. The number of hydrogen-bond donors (Lipinski definition) is 1. The third-order valence-electron chi connectivity index (χ3n) is 2.85. The molecule has 0 aromatic carbocycles. The van der Waals surface area contributed by atoms with Gasteiger partial charge in [-0.1, -0.05) is 0 Å². The van der Waals surface area contributed by atoms with E-state index in [0.717, 1.165) is 18.1 Å². The van der Waals surface area contributed by atoms with Gasteiger partial charge < -0.3 is 10.1 Å². The number of alkyl halides is 1. The van der Waals surface area contributed by atoms with Crippen molar-refractivity contribution in [2.24, 2.45) is 5.41 Å². The van der Waals surface area contributed by atoms with Gasteiger partial charge in [-0.2, -0.15) is 0 Å². The smallest absolute Gasteiger partial charge is 0.214 e. The zero-order valence-corrected chi connectivity index (χ0v) is 9.55. The summed E-state index contributed by atoms with van der Waals surface area (Å²) in [4.78, 5) is 4.05. The number of anilines is 1. The molecule has 1 fully saturated rings. The fraction of sp³-hybridized carbons (Fsp3) is 0.545. The standard InChI is InChI=1S/C11H15ClN2O/c1-15-10-6-9(2-5-13-10)14-8-11(7-12)3-4-11/h2,5-6H,3-4,7-8H2,1H3,(H,13,14). The molecule has 1 saturated carbocycles. The minimum atomic E-state index is 0.331. The van der Waals surface area contributed by atoms with Gasteiger partial charge in [0.25, 0.3) is 0 Å². The first-order valence-electron chi connectivity index (χ1n) is 5.08. The van der Waals surface area contributed by atoms with Crippen molar-refractivity contribution in [2.75, 3.05) is 24.9 Å². The highest BCUT2D eigenvalue weighted by molar-refractivity contribution is 6.18. The molecule has 0 atom stereocenters. The summed E-state index contributed by atoms with van der Waals surface area (Å²) < 4.78 is 5.05. The number of nitrogens with one attached hydrogen (secondary N) is 1. The zero-order valence-electron chi connectivity index (χ0n) is 8.79. The second kappa shape index (κ2) is 4.27. The highest BCUT2D eigenvalue weighted by atomic mass is 35.5. The van der Waals surface area contributed by atoms with E-state index in [1.165, 1.54) is 12.8 Å². The lowest BCUT2D eigenvalue weighted by Gasteiger charge is -2.13. The van der Waals surface area contributed by atoms with Crippen LogP contribution in [0.1, 0.15) is 12.8 Å². The lowest BCUT2D eigenvalue weighted by atomic mass is 10.1. The molecule has 0 spiro atoms. The molecule has 1 aromatic heterocycles. The molecule has 0 unspecified atom stereocenters. The lowest BCUT2D eigenvalue weighted by molar-refractivity contribution is 0.398. The van der Waals surface area contributed by atoms with E-state index in [0.29, 0.717) is 11.3 Å². The Bertz CT molecular complexity index is 339. The maximum Gasteiger partial charge on any atom is 0.214 e. The van der Waals surface area contributed by atoms with Crippen LogP contribution in [-0.2, 0) is 0 Å². The normalized spacial score (nSPS) is 17.2. The second-order valence-electron chi connectivity index (χ2n) is 4.07. The molecule has 3 nitrogen and oxygen atoms in total. The molecule has 82 valence electrons. The molecule has 1 aliphatic carbocycles. The van der Waals surface area contributed by atoms with Gasteiger partial charge in [0.2, 0.25) is 5.88 Å². The van der Waals surface area contributed by atoms with Gasteiger partial charge in [0.1, 0.15) is 0 Å². The largest absolute Gasteiger partial charge is 0.481 e. The Morgan fingerprint density at radius 1 is 1.60 bits per heavy atom. The van der Waals surface area contributed by atoms with Gasteiger partial charge in [-0.25, -0.2) is 4.98 Å². The summed E-state index contributed by atoms with van der Waals surface area (Å²) in [7, 11) is 1.62. The second-order valence-corrected chi connectivity index (χ2v) is 4.34. The predicted molar refractivity (Wildman–Crippen MR) is 61.7 cm³/mol. The first-order valence-corrected chi connectivity index (χ1v) is 5.61. The number of methoxy groups -OCH3 is 1. The Morgan fingerprint density at radius 3 is 3.00 bits per heavy atom. The van der Waals surface area contributed by atoms with E-state index in [9.17, 15) is 0 Å². The van der Waals surface area contributed by atoms with Gasteiger partial charge in [0.15, 0.2) is 0 Å². The summed E-state index contributed by atoms with van der Waals surface area (Å²) in [5, 5.41) is 3.37. The Labute approximate surface area is 94.8 Å². The number of nitrogens with zero attached hydrogens (tertiary/aromatic N) is 1. The summed E-state index contributed by atoms with van der Waals surface area (Å²) in [6.07, 6.45) is 4.19. The summed E-state index contributed by atoms with van der Waals surface area (Å²) in [5.41, 5.74) is 1.37. The van der Waals surface area contributed by atoms with Crippen molar-refractivity contribution in [3.63, 3.8) is 0 Å². The number of aromatic nitrogens is 1. The van der Waals surface area contributed by atoms with E-state index in [4.69, 9.17) is 16.3 Å². The molecule has 1 heterocycles. The van der Waals surface area contributed by atoms with Crippen LogP contribution >= 0.6 is 11.6 Å². The van der Waals surface area contributed by atoms with Crippen molar-refractivity contribution < 1.29 is 4.74 Å². The molecule has 0 radical (unpaired) electrons. The molecule has 2 rings (SSSR count). The van der Waals surface area contributed by atoms with Crippen molar-refractivity contribution >= 4 is 17.3 Å². The molecule has 0 amide bonds. The Kier molecular flexibility index (Phi) is 3.00.